The summed E-state index contributed by atoms with van der Waals surface area (Å²) >= 11 is 0. The molecule has 3 heteroatoms. The van der Waals surface area contributed by atoms with Crippen LogP contribution in [-0.2, 0) is 0 Å². The fourth-order valence-corrected chi connectivity index (χ4v) is 6.84. The van der Waals surface area contributed by atoms with Gasteiger partial charge in [-0.3, -0.25) is 4.90 Å². The molecule has 0 saturated carbocycles. The predicted octanol–water partition coefficient (Wildman–Crippen LogP) is 11.6. The second-order valence-electron chi connectivity index (χ2n) is 11.6. The lowest BCUT2D eigenvalue weighted by Gasteiger charge is -2.26. The number of hydrogen-bond donors (Lipinski definition) is 0. The van der Waals surface area contributed by atoms with Crippen LogP contribution in [-0.4, -0.2) is 9.55 Å². The van der Waals surface area contributed by atoms with Crippen molar-refractivity contribution in [3.05, 3.63) is 176 Å². The van der Waals surface area contributed by atoms with Crippen LogP contribution >= 0.6 is 0 Å². The molecule has 0 spiro atoms. The molecule has 0 N–H and O–H groups in total. The number of fused-ring (bicyclic) bond motifs is 6. The van der Waals surface area contributed by atoms with E-state index in [0.29, 0.717) is 0 Å². The van der Waals surface area contributed by atoms with Gasteiger partial charge in [0.25, 0.3) is 0 Å². The van der Waals surface area contributed by atoms with Gasteiger partial charge in [0.15, 0.2) is 0 Å². The molecule has 7 aromatic carbocycles. The summed E-state index contributed by atoms with van der Waals surface area (Å²) < 4.78 is 2.36. The highest BCUT2D eigenvalue weighted by molar-refractivity contribution is 6.13. The Hall–Kier alpha value is -6.19. The summed E-state index contributed by atoms with van der Waals surface area (Å²) in [5.41, 5.74) is 8.98. The number of aromatic nitrogens is 2. The lowest BCUT2D eigenvalue weighted by atomic mass is 10.0. The molecule has 2 heterocycles. The van der Waals surface area contributed by atoms with Gasteiger partial charge in [-0.05, 0) is 71.1 Å². The SMILES string of the molecule is c1ccc(-c2ccc(N(c3ccc4c(c3)c3ccccc3n4-c3ccccc3)c3nc4ccccc4c4ccccc34)cc2)cc1. The lowest BCUT2D eigenvalue weighted by molar-refractivity contribution is 1.18. The minimum atomic E-state index is 0.910. The average Bonchev–Trinajstić information content (AvgIpc) is 3.47. The summed E-state index contributed by atoms with van der Waals surface area (Å²) in [5, 5.41) is 5.88. The van der Waals surface area contributed by atoms with E-state index in [1.807, 2.05) is 0 Å². The summed E-state index contributed by atoms with van der Waals surface area (Å²) in [5.74, 6) is 0.910. The average molecular weight is 588 g/mol. The van der Waals surface area contributed by atoms with Gasteiger partial charge in [0.1, 0.15) is 5.82 Å². The summed E-state index contributed by atoms with van der Waals surface area (Å²) in [6.07, 6.45) is 0. The number of anilines is 3. The molecule has 0 unspecified atom stereocenters. The third kappa shape index (κ3) is 4.25. The van der Waals surface area contributed by atoms with Gasteiger partial charge in [-0.2, -0.15) is 0 Å². The Morgan fingerprint density at radius 1 is 0.391 bits per heavy atom. The monoisotopic (exact) mass is 587 g/mol. The van der Waals surface area contributed by atoms with Crippen LogP contribution in [0.2, 0.25) is 0 Å². The van der Waals surface area contributed by atoms with Gasteiger partial charge in [0.2, 0.25) is 0 Å². The van der Waals surface area contributed by atoms with E-state index in [-0.39, 0.29) is 0 Å². The fourth-order valence-electron chi connectivity index (χ4n) is 6.84. The van der Waals surface area contributed by atoms with Crippen molar-refractivity contribution in [1.29, 1.82) is 0 Å². The van der Waals surface area contributed by atoms with Crippen molar-refractivity contribution in [1.82, 2.24) is 9.55 Å². The second-order valence-corrected chi connectivity index (χ2v) is 11.6. The molecule has 9 aromatic rings. The molecule has 0 bridgehead atoms. The summed E-state index contributed by atoms with van der Waals surface area (Å²) in [6.45, 7) is 0. The minimum Gasteiger partial charge on any atom is -0.309 e. The van der Waals surface area contributed by atoms with Crippen LogP contribution in [0.15, 0.2) is 176 Å². The van der Waals surface area contributed by atoms with E-state index in [9.17, 15) is 0 Å². The molecule has 216 valence electrons. The number of para-hydroxylation sites is 3. The van der Waals surface area contributed by atoms with E-state index in [2.05, 4.69) is 185 Å². The molecular formula is C43H29N3. The van der Waals surface area contributed by atoms with E-state index >= 15 is 0 Å². The molecule has 2 aromatic heterocycles. The molecule has 3 nitrogen and oxygen atoms in total. The highest BCUT2D eigenvalue weighted by atomic mass is 15.2. The van der Waals surface area contributed by atoms with Gasteiger partial charge in [0, 0.05) is 38.6 Å². The van der Waals surface area contributed by atoms with Crippen molar-refractivity contribution in [3.8, 4) is 16.8 Å². The van der Waals surface area contributed by atoms with E-state index in [1.54, 1.807) is 0 Å². The normalized spacial score (nSPS) is 11.5. The van der Waals surface area contributed by atoms with E-state index < -0.39 is 0 Å². The first-order chi connectivity index (χ1) is 22.8. The van der Waals surface area contributed by atoms with Crippen molar-refractivity contribution in [2.45, 2.75) is 0 Å². The van der Waals surface area contributed by atoms with Crippen LogP contribution in [0.4, 0.5) is 17.2 Å². The third-order valence-corrected chi connectivity index (χ3v) is 8.96. The minimum absolute atomic E-state index is 0.910. The summed E-state index contributed by atoms with van der Waals surface area (Å²) in [7, 11) is 0. The molecule has 0 aliphatic carbocycles. The Labute approximate surface area is 267 Å². The molecule has 0 radical (unpaired) electrons. The molecule has 0 aliphatic rings. The highest BCUT2D eigenvalue weighted by Gasteiger charge is 2.21. The maximum Gasteiger partial charge on any atom is 0.146 e. The Balaban J connectivity index is 1.31. The van der Waals surface area contributed by atoms with Gasteiger partial charge in [-0.1, -0.05) is 121 Å². The number of rotatable bonds is 5. The van der Waals surface area contributed by atoms with Crippen molar-refractivity contribution in [2.24, 2.45) is 0 Å². The van der Waals surface area contributed by atoms with E-state index in [4.69, 9.17) is 4.98 Å². The Morgan fingerprint density at radius 3 is 1.74 bits per heavy atom. The van der Waals surface area contributed by atoms with Gasteiger partial charge in [0.05, 0.1) is 16.6 Å². The first kappa shape index (κ1) is 26.2. The summed E-state index contributed by atoms with van der Waals surface area (Å²) in [4.78, 5) is 7.67. The smallest absolute Gasteiger partial charge is 0.146 e. The topological polar surface area (TPSA) is 21.1 Å². The van der Waals surface area contributed by atoms with Crippen LogP contribution in [0.1, 0.15) is 0 Å². The zero-order chi connectivity index (χ0) is 30.5. The molecule has 0 fully saturated rings. The highest BCUT2D eigenvalue weighted by Crippen LogP contribution is 2.43. The van der Waals surface area contributed by atoms with Gasteiger partial charge >= 0.3 is 0 Å². The number of benzene rings is 7. The van der Waals surface area contributed by atoms with Crippen molar-refractivity contribution >= 4 is 60.7 Å². The zero-order valence-electron chi connectivity index (χ0n) is 25.1. The number of pyridine rings is 1. The lowest BCUT2D eigenvalue weighted by Crippen LogP contribution is -2.12. The van der Waals surface area contributed by atoms with Crippen LogP contribution in [0.3, 0.4) is 0 Å². The second kappa shape index (κ2) is 10.8. The predicted molar refractivity (Wildman–Crippen MR) is 194 cm³/mol. The van der Waals surface area contributed by atoms with Gasteiger partial charge in [-0.15, -0.1) is 0 Å². The van der Waals surface area contributed by atoms with Crippen LogP contribution < -0.4 is 4.90 Å². The molecule has 0 atom stereocenters. The quantitative estimate of drug-likeness (QED) is 0.187. The van der Waals surface area contributed by atoms with Crippen molar-refractivity contribution < 1.29 is 0 Å². The van der Waals surface area contributed by atoms with Crippen LogP contribution in [0.25, 0.3) is 60.3 Å². The van der Waals surface area contributed by atoms with Gasteiger partial charge in [-0.25, -0.2) is 4.98 Å². The van der Waals surface area contributed by atoms with Crippen molar-refractivity contribution in [3.63, 3.8) is 0 Å². The van der Waals surface area contributed by atoms with E-state index in [0.717, 1.165) is 39.2 Å². The maximum absolute atomic E-state index is 5.35. The first-order valence-electron chi connectivity index (χ1n) is 15.7. The van der Waals surface area contributed by atoms with E-state index in [1.165, 1.54) is 38.3 Å². The first-order valence-corrected chi connectivity index (χ1v) is 15.7. The van der Waals surface area contributed by atoms with Crippen molar-refractivity contribution in [2.75, 3.05) is 4.90 Å². The summed E-state index contributed by atoms with van der Waals surface area (Å²) in [6, 6.07) is 62.5. The number of nitrogens with zero attached hydrogens (tertiary/aromatic N) is 3. The largest absolute Gasteiger partial charge is 0.309 e. The molecule has 0 amide bonds. The molecule has 9 rings (SSSR count). The molecule has 46 heavy (non-hydrogen) atoms. The Bertz CT molecular complexity index is 2510. The van der Waals surface area contributed by atoms with Gasteiger partial charge < -0.3 is 4.57 Å². The maximum atomic E-state index is 5.35. The molecular weight excluding hydrogens is 558 g/mol. The zero-order valence-corrected chi connectivity index (χ0v) is 25.1. The van der Waals surface area contributed by atoms with Crippen LogP contribution in [0, 0.1) is 0 Å². The molecule has 0 saturated heterocycles. The van der Waals surface area contributed by atoms with Crippen LogP contribution in [0.5, 0.6) is 0 Å². The Morgan fingerprint density at radius 2 is 0.957 bits per heavy atom. The standard InChI is InChI=1S/C43H29N3/c1-3-13-30(14-4-1)31-23-25-33(26-24-31)45(43-38-20-8-7-17-35(38)36-18-9-11-21-40(36)44-43)34-27-28-42-39(29-34)37-19-10-12-22-41(37)46(42)32-15-5-2-6-16-32/h1-29H. The Kier molecular flexibility index (Phi) is 6.14. The number of hydrogen-bond acceptors (Lipinski definition) is 2. The fraction of sp³-hybridized carbons (Fsp3) is 0. The molecule has 0 aliphatic heterocycles. The third-order valence-electron chi connectivity index (χ3n) is 8.96.